The van der Waals surface area contributed by atoms with Crippen LogP contribution in [0.3, 0.4) is 0 Å². The highest BCUT2D eigenvalue weighted by atomic mass is 35.5. The molecule has 2 aromatic rings. The molecule has 3 rings (SSSR count). The molecule has 0 amide bonds. The molecule has 1 aliphatic rings. The molecule has 0 spiro atoms. The van der Waals surface area contributed by atoms with Crippen molar-refractivity contribution in [2.24, 2.45) is 0 Å². The third-order valence-corrected chi connectivity index (χ3v) is 2.99. The molecule has 1 heterocycles. The lowest BCUT2D eigenvalue weighted by Gasteiger charge is -2.04. The molecule has 0 unspecified atom stereocenters. The Morgan fingerprint density at radius 1 is 1.00 bits per heavy atom. The number of nitrogens with zero attached hydrogens (tertiary/aromatic N) is 2. The first-order valence-electron chi connectivity index (χ1n) is 5.67. The summed E-state index contributed by atoms with van der Waals surface area (Å²) in [7, 11) is 0. The SMILES string of the molecule is Clc1ccc(-c2ccc(NC3CC3)nn2)cc1. The second-order valence-corrected chi connectivity index (χ2v) is 4.67. The standard InChI is InChI=1S/C13H12ClN3/c14-10-3-1-9(2-4-10)12-7-8-13(17-16-12)15-11-5-6-11/h1-4,7-8,11H,5-6H2,(H,15,17). The molecule has 1 N–H and O–H groups in total. The molecule has 1 aliphatic carbocycles. The van der Waals surface area contributed by atoms with Gasteiger partial charge in [-0.2, -0.15) is 0 Å². The maximum Gasteiger partial charge on any atom is 0.148 e. The average Bonchev–Trinajstić information content (AvgIpc) is 3.15. The first kappa shape index (κ1) is 10.5. The van der Waals surface area contributed by atoms with Gasteiger partial charge >= 0.3 is 0 Å². The molecule has 0 atom stereocenters. The van der Waals surface area contributed by atoms with Gasteiger partial charge in [0.25, 0.3) is 0 Å². The minimum Gasteiger partial charge on any atom is -0.366 e. The molecule has 0 radical (unpaired) electrons. The van der Waals surface area contributed by atoms with E-state index in [0.29, 0.717) is 6.04 Å². The first-order chi connectivity index (χ1) is 8.31. The highest BCUT2D eigenvalue weighted by molar-refractivity contribution is 6.30. The van der Waals surface area contributed by atoms with E-state index in [-0.39, 0.29) is 0 Å². The maximum atomic E-state index is 5.84. The van der Waals surface area contributed by atoms with Gasteiger partial charge in [0.15, 0.2) is 0 Å². The molecule has 0 bridgehead atoms. The molecular weight excluding hydrogens is 234 g/mol. The van der Waals surface area contributed by atoms with Gasteiger partial charge in [-0.05, 0) is 37.1 Å². The lowest BCUT2D eigenvalue weighted by molar-refractivity contribution is 1.00. The smallest absolute Gasteiger partial charge is 0.148 e. The van der Waals surface area contributed by atoms with Crippen molar-refractivity contribution in [1.29, 1.82) is 0 Å². The van der Waals surface area contributed by atoms with E-state index in [0.717, 1.165) is 22.1 Å². The molecule has 17 heavy (non-hydrogen) atoms. The second-order valence-electron chi connectivity index (χ2n) is 4.23. The van der Waals surface area contributed by atoms with Crippen molar-refractivity contribution in [3.8, 4) is 11.3 Å². The summed E-state index contributed by atoms with van der Waals surface area (Å²) in [6.45, 7) is 0. The van der Waals surface area contributed by atoms with Crippen LogP contribution in [0, 0.1) is 0 Å². The third kappa shape index (κ3) is 2.56. The average molecular weight is 246 g/mol. The minimum atomic E-state index is 0.602. The van der Waals surface area contributed by atoms with Crippen molar-refractivity contribution < 1.29 is 0 Å². The Hall–Kier alpha value is -1.61. The van der Waals surface area contributed by atoms with Crippen molar-refractivity contribution in [2.75, 3.05) is 5.32 Å². The highest BCUT2D eigenvalue weighted by Crippen LogP contribution is 2.24. The van der Waals surface area contributed by atoms with Gasteiger partial charge in [0, 0.05) is 16.6 Å². The maximum absolute atomic E-state index is 5.84. The number of halogens is 1. The number of hydrogen-bond acceptors (Lipinski definition) is 3. The van der Waals surface area contributed by atoms with Gasteiger partial charge in [-0.25, -0.2) is 0 Å². The van der Waals surface area contributed by atoms with E-state index in [2.05, 4.69) is 15.5 Å². The molecule has 3 nitrogen and oxygen atoms in total. The number of rotatable bonds is 3. The summed E-state index contributed by atoms with van der Waals surface area (Å²) >= 11 is 5.84. The van der Waals surface area contributed by atoms with E-state index in [1.807, 2.05) is 36.4 Å². The summed E-state index contributed by atoms with van der Waals surface area (Å²) in [6, 6.07) is 12.1. The summed E-state index contributed by atoms with van der Waals surface area (Å²) < 4.78 is 0. The van der Waals surface area contributed by atoms with Gasteiger partial charge in [0.05, 0.1) is 5.69 Å². The topological polar surface area (TPSA) is 37.8 Å². The van der Waals surface area contributed by atoms with E-state index in [1.165, 1.54) is 12.8 Å². The zero-order chi connectivity index (χ0) is 11.7. The molecule has 1 saturated carbocycles. The van der Waals surface area contributed by atoms with Crippen LogP contribution in [0.5, 0.6) is 0 Å². The van der Waals surface area contributed by atoms with Gasteiger partial charge < -0.3 is 5.32 Å². The van der Waals surface area contributed by atoms with Crippen molar-refractivity contribution in [3.63, 3.8) is 0 Å². The largest absolute Gasteiger partial charge is 0.366 e. The predicted octanol–water partition coefficient (Wildman–Crippen LogP) is 3.37. The van der Waals surface area contributed by atoms with Crippen LogP contribution < -0.4 is 5.32 Å². The predicted molar refractivity (Wildman–Crippen MR) is 69.1 cm³/mol. The Bertz CT molecular complexity index is 503. The summed E-state index contributed by atoms with van der Waals surface area (Å²) in [5, 5.41) is 12.4. The fourth-order valence-corrected chi connectivity index (χ4v) is 1.75. The summed E-state index contributed by atoms with van der Waals surface area (Å²) in [5.41, 5.74) is 1.89. The van der Waals surface area contributed by atoms with E-state index >= 15 is 0 Å². The van der Waals surface area contributed by atoms with Gasteiger partial charge in [0.2, 0.25) is 0 Å². The van der Waals surface area contributed by atoms with Crippen molar-refractivity contribution in [2.45, 2.75) is 18.9 Å². The molecule has 0 saturated heterocycles. The second kappa shape index (κ2) is 4.34. The minimum absolute atomic E-state index is 0.602. The van der Waals surface area contributed by atoms with Gasteiger partial charge in [-0.3, -0.25) is 0 Å². The highest BCUT2D eigenvalue weighted by Gasteiger charge is 2.21. The van der Waals surface area contributed by atoms with Gasteiger partial charge in [0.1, 0.15) is 5.82 Å². The van der Waals surface area contributed by atoms with Gasteiger partial charge in [-0.15, -0.1) is 10.2 Å². The van der Waals surface area contributed by atoms with Crippen LogP contribution in [0.2, 0.25) is 5.02 Å². The van der Waals surface area contributed by atoms with Crippen LogP contribution in [-0.4, -0.2) is 16.2 Å². The summed E-state index contributed by atoms with van der Waals surface area (Å²) in [5.74, 6) is 0.852. The van der Waals surface area contributed by atoms with Crippen LogP contribution in [-0.2, 0) is 0 Å². The van der Waals surface area contributed by atoms with E-state index in [4.69, 9.17) is 11.6 Å². The van der Waals surface area contributed by atoms with Crippen LogP contribution in [0.25, 0.3) is 11.3 Å². The quantitative estimate of drug-likeness (QED) is 0.901. The third-order valence-electron chi connectivity index (χ3n) is 2.73. The fraction of sp³-hybridized carbons (Fsp3) is 0.231. The number of anilines is 1. The zero-order valence-electron chi connectivity index (χ0n) is 9.23. The molecule has 4 heteroatoms. The molecule has 86 valence electrons. The number of benzene rings is 1. The van der Waals surface area contributed by atoms with Gasteiger partial charge in [-0.1, -0.05) is 23.7 Å². The Morgan fingerprint density at radius 2 is 1.76 bits per heavy atom. The first-order valence-corrected chi connectivity index (χ1v) is 6.05. The van der Waals surface area contributed by atoms with Crippen LogP contribution in [0.4, 0.5) is 5.82 Å². The van der Waals surface area contributed by atoms with Crippen molar-refractivity contribution >= 4 is 17.4 Å². The van der Waals surface area contributed by atoms with E-state index < -0.39 is 0 Å². The Labute approximate surface area is 105 Å². The lowest BCUT2D eigenvalue weighted by Crippen LogP contribution is -2.03. The molecular formula is C13H12ClN3. The number of nitrogens with one attached hydrogen (secondary N) is 1. The zero-order valence-corrected chi connectivity index (χ0v) is 9.98. The molecule has 1 aromatic heterocycles. The monoisotopic (exact) mass is 245 g/mol. The van der Waals surface area contributed by atoms with Crippen molar-refractivity contribution in [3.05, 3.63) is 41.4 Å². The molecule has 1 aromatic carbocycles. The van der Waals surface area contributed by atoms with E-state index in [1.54, 1.807) is 0 Å². The Balaban J connectivity index is 1.80. The number of aromatic nitrogens is 2. The molecule has 1 fully saturated rings. The van der Waals surface area contributed by atoms with E-state index in [9.17, 15) is 0 Å². The number of hydrogen-bond donors (Lipinski definition) is 1. The Kier molecular flexibility index (Phi) is 2.69. The normalized spacial score (nSPS) is 14.6. The summed E-state index contributed by atoms with van der Waals surface area (Å²) in [6.07, 6.45) is 2.47. The van der Waals surface area contributed by atoms with Crippen LogP contribution >= 0.6 is 11.6 Å². The lowest BCUT2D eigenvalue weighted by atomic mass is 10.1. The van der Waals surface area contributed by atoms with Crippen molar-refractivity contribution in [1.82, 2.24) is 10.2 Å². The Morgan fingerprint density at radius 3 is 2.35 bits per heavy atom. The fourth-order valence-electron chi connectivity index (χ4n) is 1.62. The summed E-state index contributed by atoms with van der Waals surface area (Å²) in [4.78, 5) is 0. The van der Waals surface area contributed by atoms with Crippen LogP contribution in [0.15, 0.2) is 36.4 Å². The molecule has 0 aliphatic heterocycles. The van der Waals surface area contributed by atoms with Crippen LogP contribution in [0.1, 0.15) is 12.8 Å².